The molecule has 4 nitrogen and oxygen atoms in total. The third-order valence-electron chi connectivity index (χ3n) is 2.74. The van der Waals surface area contributed by atoms with E-state index in [1.54, 1.807) is 6.92 Å². The van der Waals surface area contributed by atoms with Gasteiger partial charge in [0.05, 0.1) is 0 Å². The fourth-order valence-corrected chi connectivity index (χ4v) is 1.57. The zero-order chi connectivity index (χ0) is 15.4. The molecule has 0 heterocycles. The Morgan fingerprint density at radius 2 is 1.65 bits per heavy atom. The number of rotatable bonds is 12. The van der Waals surface area contributed by atoms with E-state index in [1.807, 2.05) is 6.92 Å². The van der Waals surface area contributed by atoms with Crippen LogP contribution in [0.1, 0.15) is 66.2 Å². The Balaban J connectivity index is 4.39. The summed E-state index contributed by atoms with van der Waals surface area (Å²) in [5.41, 5.74) is 0.383. The van der Waals surface area contributed by atoms with E-state index >= 15 is 0 Å². The SMILES string of the molecule is C=C(C)C(=O)OC(CCC)OC(CCC)OCCCC. The summed E-state index contributed by atoms with van der Waals surface area (Å²) in [7, 11) is 0. The van der Waals surface area contributed by atoms with E-state index in [2.05, 4.69) is 20.4 Å². The lowest BCUT2D eigenvalue weighted by molar-refractivity contribution is -0.242. The molecule has 0 aromatic rings. The first-order chi connectivity index (χ1) is 9.54. The van der Waals surface area contributed by atoms with Crippen molar-refractivity contribution < 1.29 is 19.0 Å². The Morgan fingerprint density at radius 3 is 2.15 bits per heavy atom. The van der Waals surface area contributed by atoms with Gasteiger partial charge in [-0.15, -0.1) is 0 Å². The summed E-state index contributed by atoms with van der Waals surface area (Å²) in [5, 5.41) is 0. The second kappa shape index (κ2) is 11.9. The van der Waals surface area contributed by atoms with Crippen molar-refractivity contribution in [3.63, 3.8) is 0 Å². The zero-order valence-corrected chi connectivity index (χ0v) is 13.4. The lowest BCUT2D eigenvalue weighted by atomic mass is 10.3. The quantitative estimate of drug-likeness (QED) is 0.233. The van der Waals surface area contributed by atoms with Crippen molar-refractivity contribution in [3.05, 3.63) is 12.2 Å². The summed E-state index contributed by atoms with van der Waals surface area (Å²) in [6.07, 6.45) is 4.54. The fourth-order valence-electron chi connectivity index (χ4n) is 1.57. The molecule has 0 aliphatic heterocycles. The van der Waals surface area contributed by atoms with Gasteiger partial charge in [-0.3, -0.25) is 0 Å². The maximum atomic E-state index is 11.6. The third-order valence-corrected chi connectivity index (χ3v) is 2.74. The molecule has 0 saturated heterocycles. The average molecular weight is 286 g/mol. The van der Waals surface area contributed by atoms with Gasteiger partial charge in [-0.2, -0.15) is 0 Å². The van der Waals surface area contributed by atoms with E-state index in [0.717, 1.165) is 32.1 Å². The van der Waals surface area contributed by atoms with Gasteiger partial charge in [0.15, 0.2) is 6.29 Å². The molecular formula is C16H30O4. The molecule has 4 heteroatoms. The van der Waals surface area contributed by atoms with E-state index in [9.17, 15) is 4.79 Å². The minimum Gasteiger partial charge on any atom is -0.432 e. The number of ether oxygens (including phenoxy) is 3. The highest BCUT2D eigenvalue weighted by Gasteiger charge is 2.20. The van der Waals surface area contributed by atoms with E-state index in [0.29, 0.717) is 18.6 Å². The van der Waals surface area contributed by atoms with Crippen LogP contribution in [0.4, 0.5) is 0 Å². The number of unbranched alkanes of at least 4 members (excludes halogenated alkanes) is 1. The number of carbonyl (C=O) groups excluding carboxylic acids is 1. The largest absolute Gasteiger partial charge is 0.432 e. The molecule has 0 radical (unpaired) electrons. The molecule has 2 atom stereocenters. The highest BCUT2D eigenvalue weighted by atomic mass is 16.8. The van der Waals surface area contributed by atoms with Crippen LogP contribution in [0.15, 0.2) is 12.2 Å². The van der Waals surface area contributed by atoms with Crippen molar-refractivity contribution >= 4 is 5.97 Å². The van der Waals surface area contributed by atoms with Crippen molar-refractivity contribution in [2.24, 2.45) is 0 Å². The topological polar surface area (TPSA) is 44.8 Å². The second-order valence-corrected chi connectivity index (χ2v) is 4.98. The van der Waals surface area contributed by atoms with Gasteiger partial charge in [-0.1, -0.05) is 46.6 Å². The van der Waals surface area contributed by atoms with Gasteiger partial charge in [-0.25, -0.2) is 4.79 Å². The Hall–Kier alpha value is -0.870. The molecular weight excluding hydrogens is 256 g/mol. The molecule has 0 amide bonds. The normalized spacial score (nSPS) is 13.8. The van der Waals surface area contributed by atoms with Gasteiger partial charge >= 0.3 is 5.97 Å². The zero-order valence-electron chi connectivity index (χ0n) is 13.4. The van der Waals surface area contributed by atoms with Gasteiger partial charge < -0.3 is 14.2 Å². The Morgan fingerprint density at radius 1 is 1.05 bits per heavy atom. The third kappa shape index (κ3) is 9.10. The van der Waals surface area contributed by atoms with Crippen LogP contribution in [0.5, 0.6) is 0 Å². The number of hydrogen-bond acceptors (Lipinski definition) is 4. The van der Waals surface area contributed by atoms with Crippen molar-refractivity contribution in [1.29, 1.82) is 0 Å². The lowest BCUT2D eigenvalue weighted by Gasteiger charge is -2.24. The molecule has 0 aromatic heterocycles. The minimum atomic E-state index is -0.553. The molecule has 0 fully saturated rings. The minimum absolute atomic E-state index is 0.305. The van der Waals surface area contributed by atoms with Crippen LogP contribution in [0.25, 0.3) is 0 Å². The molecule has 0 aliphatic carbocycles. The molecule has 0 bridgehead atoms. The predicted molar refractivity (Wildman–Crippen MR) is 80.2 cm³/mol. The number of carbonyl (C=O) groups is 1. The van der Waals surface area contributed by atoms with Crippen LogP contribution < -0.4 is 0 Å². The molecule has 0 spiro atoms. The monoisotopic (exact) mass is 286 g/mol. The van der Waals surface area contributed by atoms with Crippen molar-refractivity contribution in [2.45, 2.75) is 78.8 Å². The smallest absolute Gasteiger partial charge is 0.335 e. The predicted octanol–water partition coefficient (Wildman–Crippen LogP) is 4.19. The Bertz CT molecular complexity index is 276. The molecule has 0 rings (SSSR count). The molecule has 20 heavy (non-hydrogen) atoms. The molecule has 0 N–H and O–H groups in total. The van der Waals surface area contributed by atoms with E-state index < -0.39 is 12.3 Å². The number of hydrogen-bond donors (Lipinski definition) is 0. The molecule has 2 unspecified atom stereocenters. The Labute approximate surface area is 123 Å². The Kier molecular flexibility index (Phi) is 11.4. The maximum absolute atomic E-state index is 11.6. The second-order valence-electron chi connectivity index (χ2n) is 4.98. The van der Waals surface area contributed by atoms with Gasteiger partial charge in [0.25, 0.3) is 0 Å². The standard InChI is InChI=1S/C16H30O4/c1-6-9-12-18-14(10-7-2)19-15(11-8-3)20-16(17)13(4)5/h14-15H,4,6-12H2,1-3,5H3. The van der Waals surface area contributed by atoms with Gasteiger partial charge in [-0.05, 0) is 19.8 Å². The van der Waals surface area contributed by atoms with E-state index in [4.69, 9.17) is 14.2 Å². The summed E-state index contributed by atoms with van der Waals surface area (Å²) >= 11 is 0. The van der Waals surface area contributed by atoms with Crippen LogP contribution in [0.3, 0.4) is 0 Å². The maximum Gasteiger partial charge on any atom is 0.335 e. The first-order valence-electron chi connectivity index (χ1n) is 7.68. The molecule has 0 aromatic carbocycles. The summed E-state index contributed by atoms with van der Waals surface area (Å²) in [6.45, 7) is 12.1. The van der Waals surface area contributed by atoms with Crippen LogP contribution in [-0.2, 0) is 19.0 Å². The van der Waals surface area contributed by atoms with Crippen molar-refractivity contribution in [2.75, 3.05) is 6.61 Å². The summed E-state index contributed by atoms with van der Waals surface area (Å²) in [5.74, 6) is -0.410. The van der Waals surface area contributed by atoms with Crippen LogP contribution >= 0.6 is 0 Å². The highest BCUT2D eigenvalue weighted by molar-refractivity contribution is 5.86. The van der Waals surface area contributed by atoms with Crippen LogP contribution in [-0.4, -0.2) is 25.2 Å². The van der Waals surface area contributed by atoms with Crippen LogP contribution in [0.2, 0.25) is 0 Å². The van der Waals surface area contributed by atoms with Gasteiger partial charge in [0, 0.05) is 18.6 Å². The average Bonchev–Trinajstić information content (AvgIpc) is 2.39. The number of esters is 1. The van der Waals surface area contributed by atoms with Crippen molar-refractivity contribution in [3.8, 4) is 0 Å². The van der Waals surface area contributed by atoms with Gasteiger partial charge in [0.2, 0.25) is 6.29 Å². The first kappa shape index (κ1) is 19.1. The summed E-state index contributed by atoms with van der Waals surface area (Å²) in [6, 6.07) is 0. The fraction of sp³-hybridized carbons (Fsp3) is 0.812. The molecule has 0 saturated carbocycles. The molecule has 118 valence electrons. The lowest BCUT2D eigenvalue weighted by Crippen LogP contribution is -2.29. The van der Waals surface area contributed by atoms with Crippen molar-refractivity contribution in [1.82, 2.24) is 0 Å². The first-order valence-corrected chi connectivity index (χ1v) is 7.68. The van der Waals surface area contributed by atoms with E-state index in [1.165, 1.54) is 0 Å². The summed E-state index contributed by atoms with van der Waals surface area (Å²) < 4.78 is 16.8. The molecule has 0 aliphatic rings. The van der Waals surface area contributed by atoms with Gasteiger partial charge in [0.1, 0.15) is 0 Å². The van der Waals surface area contributed by atoms with Crippen LogP contribution in [0, 0.1) is 0 Å². The summed E-state index contributed by atoms with van der Waals surface area (Å²) in [4.78, 5) is 11.6. The highest BCUT2D eigenvalue weighted by Crippen LogP contribution is 2.14. The van der Waals surface area contributed by atoms with E-state index in [-0.39, 0.29) is 6.29 Å².